The van der Waals surface area contributed by atoms with E-state index in [-0.39, 0.29) is 27.9 Å². The first-order valence-corrected chi connectivity index (χ1v) is 24.7. The summed E-state index contributed by atoms with van der Waals surface area (Å²) < 4.78 is 3.35. The molecule has 9 rings (SSSR count). The summed E-state index contributed by atoms with van der Waals surface area (Å²) in [6.07, 6.45) is 5.02. The molecule has 284 valence electrons. The van der Waals surface area contributed by atoms with Gasteiger partial charge in [0.2, 0.25) is 0 Å². The van der Waals surface area contributed by atoms with E-state index in [0.717, 1.165) is 0 Å². The molecule has 0 radical (unpaired) electrons. The second-order valence-corrected chi connectivity index (χ2v) is 24.6. The Bertz CT molecular complexity index is 2520. The molecule has 1 aromatic heterocycles. The van der Waals surface area contributed by atoms with Crippen molar-refractivity contribution in [1.29, 1.82) is 0 Å². The van der Waals surface area contributed by atoms with Gasteiger partial charge in [0.25, 0.3) is 0 Å². The van der Waals surface area contributed by atoms with Crippen LogP contribution in [-0.4, -0.2) is 3.21 Å². The van der Waals surface area contributed by atoms with Gasteiger partial charge in [-0.1, -0.05) is 0 Å². The Balaban J connectivity index is 0.00000240. The molecule has 0 saturated heterocycles. The van der Waals surface area contributed by atoms with Crippen LogP contribution in [0, 0.1) is 38.5 Å². The van der Waals surface area contributed by atoms with E-state index in [1.54, 1.807) is 28.7 Å². The van der Waals surface area contributed by atoms with E-state index in [1.807, 2.05) is 11.3 Å². The van der Waals surface area contributed by atoms with Gasteiger partial charge in [0, 0.05) is 0 Å². The zero-order chi connectivity index (χ0) is 37.6. The maximum absolute atomic E-state index is 3.17. The van der Waals surface area contributed by atoms with Crippen molar-refractivity contribution >= 4 is 30.9 Å². The summed E-state index contributed by atoms with van der Waals surface area (Å²) in [5.41, 5.74) is 19.6. The Morgan fingerprint density at radius 1 is 0.696 bits per heavy atom. The van der Waals surface area contributed by atoms with Crippen molar-refractivity contribution in [1.82, 2.24) is 0 Å². The molecule has 0 saturated carbocycles. The number of rotatable bonds is 5. The SMILES string of the molecule is Cc1cc2c(c(C)c1C)C(C)c1c3c(c4ccccc4c1-2)C(C)C(C)C(C)[C]3(C)[Zr+2]([C]1=C(c2ccsc2)C=CC1C)=[C](c1ccccc1)c1ccccc1.[Cl-].[Cl-]. The van der Waals surface area contributed by atoms with Gasteiger partial charge in [0.1, 0.15) is 0 Å². The minimum absolute atomic E-state index is 0. The van der Waals surface area contributed by atoms with Gasteiger partial charge >= 0.3 is 337 Å². The topological polar surface area (TPSA) is 0 Å². The molecule has 56 heavy (non-hydrogen) atoms. The Kier molecular flexibility index (Phi) is 11.4. The molecule has 0 bridgehead atoms. The second kappa shape index (κ2) is 15.6. The van der Waals surface area contributed by atoms with E-state index in [2.05, 4.69) is 182 Å². The number of hydrogen-bond acceptors (Lipinski definition) is 1. The van der Waals surface area contributed by atoms with Gasteiger partial charge in [-0.25, -0.2) is 0 Å². The first kappa shape index (κ1) is 41.0. The van der Waals surface area contributed by atoms with Crippen LogP contribution in [0.15, 0.2) is 123 Å². The minimum Gasteiger partial charge on any atom is -1.00 e. The molecule has 6 atom stereocenters. The molecule has 4 heteroatoms. The van der Waals surface area contributed by atoms with Crippen molar-refractivity contribution < 1.29 is 46.1 Å². The van der Waals surface area contributed by atoms with Gasteiger partial charge in [0.05, 0.1) is 0 Å². The van der Waals surface area contributed by atoms with Crippen LogP contribution in [0.3, 0.4) is 0 Å². The molecule has 0 nitrogen and oxygen atoms in total. The van der Waals surface area contributed by atoms with Crippen LogP contribution in [-0.2, 0) is 24.4 Å². The molecule has 1 heterocycles. The third-order valence-electron chi connectivity index (χ3n) is 14.4. The zero-order valence-electron chi connectivity index (χ0n) is 34.1. The molecule has 0 aliphatic heterocycles. The average molecular weight is 871 g/mol. The number of allylic oxidation sites excluding steroid dienone is 4. The molecule has 6 unspecified atom stereocenters. The number of halogens is 2. The number of thiophene rings is 1. The quantitative estimate of drug-likeness (QED) is 0.165. The van der Waals surface area contributed by atoms with Crippen molar-refractivity contribution in [2.45, 2.75) is 77.3 Å². The third-order valence-corrected chi connectivity index (χ3v) is 25.1. The number of hydrogen-bond donors (Lipinski definition) is 0. The Morgan fingerprint density at radius 3 is 1.91 bits per heavy atom. The largest absolute Gasteiger partial charge is 1.00 e. The van der Waals surface area contributed by atoms with Gasteiger partial charge in [0.15, 0.2) is 0 Å². The molecule has 6 aromatic rings. The summed E-state index contributed by atoms with van der Waals surface area (Å²) in [4.78, 5) is 0. The van der Waals surface area contributed by atoms with Gasteiger partial charge < -0.3 is 24.8 Å². The van der Waals surface area contributed by atoms with Crippen molar-refractivity contribution in [2.24, 2.45) is 17.8 Å². The smallest absolute Gasteiger partial charge is 1.00 e. The predicted octanol–water partition coefficient (Wildman–Crippen LogP) is 8.08. The standard InChI is InChI=1S/C29H33.C13H10.C10H9S.2ClH.Zr/c1-14-13-24-25(18(5)15(14)2)21(8)28-27-20(7)17(4)16(3)19(6)26(27)22-11-9-10-12-23(22)29(24)28;1-3-7-12(8-4-1)11-13-9-5-2-6-10-13;1-8-2-3-9(6-8)10-4-5-11-7-10;;;/h9-13,16-17,19,21H,1-8H3;1-10H;2-5,7-8H,1H3;2*1H;/q;;;;;+2/p-2. The molecule has 0 spiro atoms. The maximum atomic E-state index is 2.79. The van der Waals surface area contributed by atoms with Gasteiger partial charge in [-0.2, -0.15) is 0 Å². The van der Waals surface area contributed by atoms with Gasteiger partial charge in [-0.3, -0.25) is 0 Å². The van der Waals surface area contributed by atoms with Crippen LogP contribution in [0.25, 0.3) is 27.5 Å². The minimum atomic E-state index is -3.17. The number of fused-ring (bicyclic) bond motifs is 8. The summed E-state index contributed by atoms with van der Waals surface area (Å²) in [5.74, 6) is 2.16. The monoisotopic (exact) mass is 868 g/mol. The Hall–Kier alpha value is -3.13. The molecular weight excluding hydrogens is 819 g/mol. The normalized spacial score (nSPS) is 23.1. The molecule has 0 N–H and O–H groups in total. The van der Waals surface area contributed by atoms with Crippen LogP contribution in [0.2, 0.25) is 0 Å². The summed E-state index contributed by atoms with van der Waals surface area (Å²) in [7, 11) is 0. The summed E-state index contributed by atoms with van der Waals surface area (Å²) in [6, 6.07) is 37.6. The fourth-order valence-electron chi connectivity index (χ4n) is 11.1. The second-order valence-electron chi connectivity index (χ2n) is 16.9. The fourth-order valence-corrected chi connectivity index (χ4v) is 22.9. The zero-order valence-corrected chi connectivity index (χ0v) is 38.9. The molecular formula is C52H52Cl2SZr. The van der Waals surface area contributed by atoms with E-state index >= 15 is 0 Å². The molecule has 0 amide bonds. The van der Waals surface area contributed by atoms with E-state index < -0.39 is 21.3 Å². The number of aryl methyl sites for hydroxylation is 1. The summed E-state index contributed by atoms with van der Waals surface area (Å²) in [6.45, 7) is 22.7. The van der Waals surface area contributed by atoms with Crippen LogP contribution in [0.4, 0.5) is 0 Å². The van der Waals surface area contributed by atoms with Crippen LogP contribution in [0.5, 0.6) is 0 Å². The van der Waals surface area contributed by atoms with E-state index in [0.29, 0.717) is 29.6 Å². The number of benzene rings is 5. The summed E-state index contributed by atoms with van der Waals surface area (Å²) >= 11 is -1.34. The van der Waals surface area contributed by atoms with E-state index in [9.17, 15) is 0 Å². The van der Waals surface area contributed by atoms with Crippen molar-refractivity contribution in [3.63, 3.8) is 0 Å². The van der Waals surface area contributed by atoms with Gasteiger partial charge in [-0.05, 0) is 0 Å². The van der Waals surface area contributed by atoms with E-state index in [4.69, 9.17) is 0 Å². The molecule has 5 aromatic carbocycles. The first-order chi connectivity index (χ1) is 26.1. The van der Waals surface area contributed by atoms with Crippen molar-refractivity contribution in [3.05, 3.63) is 179 Å². The average Bonchev–Trinajstić information content (AvgIpc) is 3.93. The van der Waals surface area contributed by atoms with Gasteiger partial charge in [-0.15, -0.1) is 0 Å². The predicted molar refractivity (Wildman–Crippen MR) is 231 cm³/mol. The fraction of sp³-hybridized carbons (Fsp3) is 0.288. The molecule has 0 fully saturated rings. The van der Waals surface area contributed by atoms with E-state index in [1.165, 1.54) is 60.9 Å². The first-order valence-electron chi connectivity index (χ1n) is 20.1. The summed E-state index contributed by atoms with van der Waals surface area (Å²) in [5, 5.41) is 7.59. The van der Waals surface area contributed by atoms with Crippen LogP contribution >= 0.6 is 11.3 Å². The van der Waals surface area contributed by atoms with Crippen molar-refractivity contribution in [2.75, 3.05) is 0 Å². The van der Waals surface area contributed by atoms with Crippen LogP contribution in [0.1, 0.15) is 109 Å². The Morgan fingerprint density at radius 2 is 1.30 bits per heavy atom. The third kappa shape index (κ3) is 5.95. The van der Waals surface area contributed by atoms with Crippen molar-refractivity contribution in [3.8, 4) is 11.1 Å². The van der Waals surface area contributed by atoms with Crippen LogP contribution < -0.4 is 24.8 Å². The Labute approximate surface area is 359 Å². The molecule has 3 aliphatic carbocycles. The maximum Gasteiger partial charge on any atom is -1.00 e. The molecule has 3 aliphatic rings.